The summed E-state index contributed by atoms with van der Waals surface area (Å²) in [5.41, 5.74) is 0. The van der Waals surface area contributed by atoms with Crippen molar-refractivity contribution in [3.63, 3.8) is 0 Å². The molecule has 0 radical (unpaired) electrons. The van der Waals surface area contributed by atoms with E-state index in [1.54, 1.807) is 12.1 Å². The number of benzene rings is 1. The van der Waals surface area contributed by atoms with E-state index >= 15 is 0 Å². The van der Waals surface area contributed by atoms with Crippen LogP contribution in [0.2, 0.25) is 0 Å². The van der Waals surface area contributed by atoms with Crippen molar-refractivity contribution >= 4 is 5.97 Å². The minimum Gasteiger partial charge on any atom is -0.461 e. The highest BCUT2D eigenvalue weighted by molar-refractivity contribution is 5.77. The fraction of sp³-hybridized carbons (Fsp3) is 0.462. The summed E-state index contributed by atoms with van der Waals surface area (Å²) in [6.07, 6.45) is 0.761. The van der Waals surface area contributed by atoms with Crippen molar-refractivity contribution in [2.45, 2.75) is 26.1 Å². The Morgan fingerprint density at radius 1 is 1.29 bits per heavy atom. The molecule has 17 heavy (non-hydrogen) atoms. The monoisotopic (exact) mass is 238 g/mol. The quantitative estimate of drug-likeness (QED) is 0.564. The molecular weight excluding hydrogens is 220 g/mol. The van der Waals surface area contributed by atoms with Crippen LogP contribution in [0, 0.1) is 0 Å². The number of carbonyl (C=O) groups is 1. The Kier molecular flexibility index (Phi) is 4.97. The van der Waals surface area contributed by atoms with Crippen LogP contribution in [-0.2, 0) is 14.3 Å². The highest BCUT2D eigenvalue weighted by Crippen LogP contribution is 2.20. The lowest BCUT2D eigenvalue weighted by Crippen LogP contribution is -2.44. The van der Waals surface area contributed by atoms with Gasteiger partial charge in [-0.15, -0.1) is 0 Å². The lowest BCUT2D eigenvalue weighted by Gasteiger charge is -2.26. The van der Waals surface area contributed by atoms with E-state index in [2.05, 4.69) is 0 Å². The standard InChI is InChI=1S/C13H18O4/c1-4-10-16-12(14)13(2,15-3)17-11-8-6-5-7-9-11/h5-9H,4,10H2,1-3H3. The lowest BCUT2D eigenvalue weighted by atomic mass is 10.3. The van der Waals surface area contributed by atoms with E-state index in [0.29, 0.717) is 12.4 Å². The van der Waals surface area contributed by atoms with Crippen molar-refractivity contribution in [3.05, 3.63) is 30.3 Å². The SMILES string of the molecule is CCCOC(=O)C(C)(OC)Oc1ccccc1. The average molecular weight is 238 g/mol. The van der Waals surface area contributed by atoms with Gasteiger partial charge in [-0.2, -0.15) is 0 Å². The van der Waals surface area contributed by atoms with Gasteiger partial charge in [0.15, 0.2) is 0 Å². The maximum Gasteiger partial charge on any atom is 0.379 e. The van der Waals surface area contributed by atoms with Crippen LogP contribution in [0.5, 0.6) is 5.75 Å². The molecule has 1 aromatic carbocycles. The number of para-hydroxylation sites is 1. The molecular formula is C13H18O4. The number of carbonyl (C=O) groups excluding carboxylic acids is 1. The van der Waals surface area contributed by atoms with Gasteiger partial charge in [-0.3, -0.25) is 0 Å². The first-order valence-corrected chi connectivity index (χ1v) is 5.59. The van der Waals surface area contributed by atoms with Crippen molar-refractivity contribution in [2.24, 2.45) is 0 Å². The average Bonchev–Trinajstić information content (AvgIpc) is 2.36. The van der Waals surface area contributed by atoms with Crippen LogP contribution in [0.15, 0.2) is 30.3 Å². The molecule has 0 saturated heterocycles. The van der Waals surface area contributed by atoms with Crippen molar-refractivity contribution in [3.8, 4) is 5.75 Å². The zero-order valence-electron chi connectivity index (χ0n) is 10.4. The Bertz CT molecular complexity index is 350. The third-order valence-corrected chi connectivity index (χ3v) is 2.25. The van der Waals surface area contributed by atoms with Crippen LogP contribution in [0.3, 0.4) is 0 Å². The molecule has 1 atom stereocenters. The second kappa shape index (κ2) is 6.25. The van der Waals surface area contributed by atoms with E-state index in [1.165, 1.54) is 14.0 Å². The number of methoxy groups -OCH3 is 1. The maximum absolute atomic E-state index is 11.8. The van der Waals surface area contributed by atoms with Gasteiger partial charge in [-0.25, -0.2) is 4.79 Å². The maximum atomic E-state index is 11.8. The first kappa shape index (κ1) is 13.5. The fourth-order valence-corrected chi connectivity index (χ4v) is 1.21. The predicted molar refractivity (Wildman–Crippen MR) is 63.7 cm³/mol. The third-order valence-electron chi connectivity index (χ3n) is 2.25. The van der Waals surface area contributed by atoms with Crippen LogP contribution in [0.25, 0.3) is 0 Å². The van der Waals surface area contributed by atoms with Gasteiger partial charge in [-0.1, -0.05) is 25.1 Å². The molecule has 0 amide bonds. The topological polar surface area (TPSA) is 44.8 Å². The molecule has 0 spiro atoms. The number of rotatable bonds is 6. The van der Waals surface area contributed by atoms with Crippen molar-refractivity contribution in [1.29, 1.82) is 0 Å². The molecule has 0 fully saturated rings. The van der Waals surface area contributed by atoms with Gasteiger partial charge in [0.2, 0.25) is 0 Å². The van der Waals surface area contributed by atoms with Crippen molar-refractivity contribution < 1.29 is 19.0 Å². The molecule has 4 heteroatoms. The van der Waals surface area contributed by atoms with Gasteiger partial charge < -0.3 is 14.2 Å². The summed E-state index contributed by atoms with van der Waals surface area (Å²) < 4.78 is 15.6. The number of hydrogen-bond acceptors (Lipinski definition) is 4. The Hall–Kier alpha value is -1.55. The minimum atomic E-state index is -1.41. The first-order valence-electron chi connectivity index (χ1n) is 5.59. The molecule has 1 unspecified atom stereocenters. The van der Waals surface area contributed by atoms with Crippen LogP contribution < -0.4 is 4.74 Å². The van der Waals surface area contributed by atoms with E-state index in [0.717, 1.165) is 6.42 Å². The van der Waals surface area contributed by atoms with Crippen molar-refractivity contribution in [2.75, 3.05) is 13.7 Å². The molecule has 0 aliphatic carbocycles. The lowest BCUT2D eigenvalue weighted by molar-refractivity contribution is -0.203. The van der Waals surface area contributed by atoms with Gasteiger partial charge in [0.25, 0.3) is 0 Å². The van der Waals surface area contributed by atoms with Gasteiger partial charge in [-0.05, 0) is 18.6 Å². The molecule has 0 aromatic heterocycles. The fourth-order valence-electron chi connectivity index (χ4n) is 1.21. The zero-order chi connectivity index (χ0) is 12.7. The second-order valence-electron chi connectivity index (χ2n) is 3.70. The smallest absolute Gasteiger partial charge is 0.379 e. The Labute approximate surface area is 101 Å². The summed E-state index contributed by atoms with van der Waals surface area (Å²) in [5.74, 6) is -1.37. The van der Waals surface area contributed by atoms with E-state index in [-0.39, 0.29) is 0 Å². The molecule has 0 heterocycles. The molecule has 0 bridgehead atoms. The van der Waals surface area contributed by atoms with Crippen molar-refractivity contribution in [1.82, 2.24) is 0 Å². The van der Waals surface area contributed by atoms with Gasteiger partial charge in [0.05, 0.1) is 6.61 Å². The predicted octanol–water partition coefficient (Wildman–Crippen LogP) is 2.38. The minimum absolute atomic E-state index is 0.357. The normalized spacial score (nSPS) is 13.8. The second-order valence-corrected chi connectivity index (χ2v) is 3.70. The first-order chi connectivity index (χ1) is 8.12. The van der Waals surface area contributed by atoms with E-state index in [4.69, 9.17) is 14.2 Å². The summed E-state index contributed by atoms with van der Waals surface area (Å²) in [4.78, 5) is 11.8. The summed E-state index contributed by atoms with van der Waals surface area (Å²) in [6, 6.07) is 9.02. The Morgan fingerprint density at radius 2 is 1.94 bits per heavy atom. The summed E-state index contributed by atoms with van der Waals surface area (Å²) in [7, 11) is 1.41. The molecule has 0 aliphatic rings. The van der Waals surface area contributed by atoms with Gasteiger partial charge >= 0.3 is 11.8 Å². The number of ether oxygens (including phenoxy) is 3. The van der Waals surface area contributed by atoms with Crippen LogP contribution >= 0.6 is 0 Å². The Morgan fingerprint density at radius 3 is 2.47 bits per heavy atom. The largest absolute Gasteiger partial charge is 0.461 e. The van der Waals surface area contributed by atoms with E-state index < -0.39 is 11.8 Å². The summed E-state index contributed by atoms with van der Waals surface area (Å²) >= 11 is 0. The highest BCUT2D eigenvalue weighted by Gasteiger charge is 2.37. The van der Waals surface area contributed by atoms with E-state index in [9.17, 15) is 4.79 Å². The molecule has 0 N–H and O–H groups in total. The molecule has 94 valence electrons. The van der Waals surface area contributed by atoms with Crippen LogP contribution in [0.4, 0.5) is 0 Å². The third kappa shape index (κ3) is 3.75. The van der Waals surface area contributed by atoms with E-state index in [1.807, 2.05) is 25.1 Å². The molecule has 0 aliphatic heterocycles. The summed E-state index contributed by atoms with van der Waals surface area (Å²) in [5, 5.41) is 0. The highest BCUT2D eigenvalue weighted by atomic mass is 16.7. The molecule has 1 aromatic rings. The van der Waals surface area contributed by atoms with Crippen LogP contribution in [0.1, 0.15) is 20.3 Å². The zero-order valence-corrected chi connectivity index (χ0v) is 10.4. The molecule has 4 nitrogen and oxygen atoms in total. The number of esters is 1. The molecule has 0 saturated carbocycles. The number of hydrogen-bond donors (Lipinski definition) is 0. The van der Waals surface area contributed by atoms with Gasteiger partial charge in [0.1, 0.15) is 5.75 Å². The van der Waals surface area contributed by atoms with Crippen LogP contribution in [-0.4, -0.2) is 25.5 Å². The van der Waals surface area contributed by atoms with Gasteiger partial charge in [0, 0.05) is 14.0 Å². The summed E-state index contributed by atoms with van der Waals surface area (Å²) in [6.45, 7) is 3.82. The Balaban J connectivity index is 2.71. The molecule has 1 rings (SSSR count).